The number of rotatable bonds is 6. The van der Waals surface area contributed by atoms with E-state index < -0.39 is 16.0 Å². The highest BCUT2D eigenvalue weighted by molar-refractivity contribution is 7.89. The maximum atomic E-state index is 12.1. The Morgan fingerprint density at radius 2 is 1.96 bits per heavy atom. The van der Waals surface area contributed by atoms with E-state index in [4.69, 9.17) is 9.15 Å². The molecule has 0 saturated heterocycles. The Morgan fingerprint density at radius 3 is 2.58 bits per heavy atom. The van der Waals surface area contributed by atoms with Crippen molar-refractivity contribution in [2.24, 2.45) is 0 Å². The molecule has 7 nitrogen and oxygen atoms in total. The predicted molar refractivity (Wildman–Crippen MR) is 96.3 cm³/mol. The number of hydrogen-bond acceptors (Lipinski definition) is 7. The summed E-state index contributed by atoms with van der Waals surface area (Å²) in [5.74, 6) is -0.0937. The van der Waals surface area contributed by atoms with E-state index in [1.54, 1.807) is 0 Å². The first-order valence-electron chi connectivity index (χ1n) is 7.56. The lowest BCUT2D eigenvalue weighted by Crippen LogP contribution is -2.22. The van der Waals surface area contributed by atoms with Crippen LogP contribution >= 0.6 is 11.3 Å². The first-order chi connectivity index (χ1) is 12.4. The number of esters is 1. The maximum absolute atomic E-state index is 12.1. The van der Waals surface area contributed by atoms with Gasteiger partial charge in [0.1, 0.15) is 18.6 Å². The topological polar surface area (TPSA) is 89.7 Å². The average Bonchev–Trinajstić information content (AvgIpc) is 3.31. The Labute approximate surface area is 154 Å². The van der Waals surface area contributed by atoms with Gasteiger partial charge in [0, 0.05) is 14.1 Å². The summed E-state index contributed by atoms with van der Waals surface area (Å²) >= 11 is 1.50. The Hall–Kier alpha value is -2.49. The molecular weight excluding hydrogens is 376 g/mol. The summed E-state index contributed by atoms with van der Waals surface area (Å²) in [5, 5.41) is 1.92. The van der Waals surface area contributed by atoms with Gasteiger partial charge < -0.3 is 9.15 Å². The number of ether oxygens (including phenoxy) is 1. The second-order valence-electron chi connectivity index (χ2n) is 5.51. The molecule has 2 heterocycles. The standard InChI is InChI=1S/C17H16N2O5S2/c1-19(2)26(21,22)14-7-5-12(6-8-14)17(20)24-11-13-10-23-16(18-13)15-4-3-9-25-15/h3-10H,11H2,1-2H3. The van der Waals surface area contributed by atoms with E-state index in [0.717, 1.165) is 9.18 Å². The monoisotopic (exact) mass is 392 g/mol. The van der Waals surface area contributed by atoms with E-state index in [1.165, 1.54) is 56.0 Å². The quantitative estimate of drug-likeness (QED) is 0.599. The van der Waals surface area contributed by atoms with Gasteiger partial charge in [-0.2, -0.15) is 0 Å². The van der Waals surface area contributed by atoms with Crippen LogP contribution in [0.2, 0.25) is 0 Å². The molecule has 0 aliphatic rings. The summed E-state index contributed by atoms with van der Waals surface area (Å²) in [6.45, 7) is -0.0363. The maximum Gasteiger partial charge on any atom is 0.338 e. The van der Waals surface area contributed by atoms with Crippen molar-refractivity contribution in [1.29, 1.82) is 0 Å². The van der Waals surface area contributed by atoms with Gasteiger partial charge >= 0.3 is 5.97 Å². The molecule has 9 heteroatoms. The molecular formula is C17H16N2O5S2. The number of nitrogens with zero attached hydrogens (tertiary/aromatic N) is 2. The zero-order chi connectivity index (χ0) is 18.7. The fourth-order valence-corrected chi connectivity index (χ4v) is 3.64. The van der Waals surface area contributed by atoms with Crippen molar-refractivity contribution >= 4 is 27.3 Å². The number of carbonyl (C=O) groups excluding carboxylic acids is 1. The Balaban J connectivity index is 1.64. The normalized spacial score (nSPS) is 11.7. The molecule has 3 rings (SSSR count). The Morgan fingerprint density at radius 1 is 1.23 bits per heavy atom. The van der Waals surface area contributed by atoms with Gasteiger partial charge in [0.15, 0.2) is 0 Å². The van der Waals surface area contributed by atoms with Crippen molar-refractivity contribution in [1.82, 2.24) is 9.29 Å². The minimum Gasteiger partial charge on any atom is -0.455 e. The molecule has 0 fully saturated rings. The van der Waals surface area contributed by atoms with E-state index >= 15 is 0 Å². The van der Waals surface area contributed by atoms with Gasteiger partial charge in [0.25, 0.3) is 0 Å². The van der Waals surface area contributed by atoms with Crippen LogP contribution in [0.25, 0.3) is 10.8 Å². The lowest BCUT2D eigenvalue weighted by Gasteiger charge is -2.11. The summed E-state index contributed by atoms with van der Waals surface area (Å²) in [6.07, 6.45) is 1.44. The molecule has 0 unspecified atom stereocenters. The summed E-state index contributed by atoms with van der Waals surface area (Å²) in [6, 6.07) is 9.35. The zero-order valence-electron chi connectivity index (χ0n) is 14.1. The third-order valence-electron chi connectivity index (χ3n) is 3.50. The van der Waals surface area contributed by atoms with E-state index in [2.05, 4.69) is 4.98 Å². The third kappa shape index (κ3) is 3.85. The number of aromatic nitrogens is 1. The minimum absolute atomic E-state index is 0.0363. The van der Waals surface area contributed by atoms with E-state index in [0.29, 0.717) is 11.6 Å². The van der Waals surface area contributed by atoms with Crippen molar-refractivity contribution in [3.63, 3.8) is 0 Å². The summed E-state index contributed by atoms with van der Waals surface area (Å²) in [5.41, 5.74) is 0.748. The van der Waals surface area contributed by atoms with E-state index in [9.17, 15) is 13.2 Å². The van der Waals surface area contributed by atoms with Crippen molar-refractivity contribution in [2.45, 2.75) is 11.5 Å². The molecule has 0 radical (unpaired) electrons. The fourth-order valence-electron chi connectivity index (χ4n) is 2.08. The van der Waals surface area contributed by atoms with Crippen LogP contribution in [0, 0.1) is 0 Å². The molecule has 26 heavy (non-hydrogen) atoms. The first-order valence-corrected chi connectivity index (χ1v) is 9.88. The molecule has 136 valence electrons. The van der Waals surface area contributed by atoms with Crippen LogP contribution in [-0.2, 0) is 21.4 Å². The van der Waals surface area contributed by atoms with Gasteiger partial charge in [0.05, 0.1) is 15.3 Å². The number of carbonyl (C=O) groups is 1. The molecule has 0 atom stereocenters. The van der Waals surface area contributed by atoms with Gasteiger partial charge in [0.2, 0.25) is 15.9 Å². The lowest BCUT2D eigenvalue weighted by atomic mass is 10.2. The smallest absolute Gasteiger partial charge is 0.338 e. The lowest BCUT2D eigenvalue weighted by molar-refractivity contribution is 0.0467. The zero-order valence-corrected chi connectivity index (χ0v) is 15.7. The van der Waals surface area contributed by atoms with Crippen molar-refractivity contribution < 1.29 is 22.4 Å². The summed E-state index contributed by atoms with van der Waals surface area (Å²) < 4.78 is 35.7. The van der Waals surface area contributed by atoms with Crippen LogP contribution in [0.15, 0.2) is 57.4 Å². The van der Waals surface area contributed by atoms with Gasteiger partial charge in [-0.25, -0.2) is 22.5 Å². The molecule has 0 aliphatic carbocycles. The van der Waals surface area contributed by atoms with Crippen LogP contribution in [0.4, 0.5) is 0 Å². The highest BCUT2D eigenvalue weighted by Gasteiger charge is 2.18. The van der Waals surface area contributed by atoms with Crippen LogP contribution in [0.5, 0.6) is 0 Å². The highest BCUT2D eigenvalue weighted by Crippen LogP contribution is 2.24. The predicted octanol–water partition coefficient (Wildman–Crippen LogP) is 3.01. The molecule has 3 aromatic rings. The molecule has 2 aromatic heterocycles. The van der Waals surface area contributed by atoms with Crippen LogP contribution in [-0.4, -0.2) is 37.8 Å². The third-order valence-corrected chi connectivity index (χ3v) is 6.19. The molecule has 0 bridgehead atoms. The van der Waals surface area contributed by atoms with Crippen LogP contribution in [0.1, 0.15) is 16.1 Å². The average molecular weight is 392 g/mol. The first kappa shape index (κ1) is 18.3. The Bertz CT molecular complexity index is 990. The molecule has 0 amide bonds. The van der Waals surface area contributed by atoms with E-state index in [-0.39, 0.29) is 17.1 Å². The second kappa shape index (κ2) is 7.40. The largest absolute Gasteiger partial charge is 0.455 e. The van der Waals surface area contributed by atoms with Crippen molar-refractivity contribution in [2.75, 3.05) is 14.1 Å². The van der Waals surface area contributed by atoms with E-state index in [1.807, 2.05) is 17.5 Å². The van der Waals surface area contributed by atoms with Gasteiger partial charge in [-0.15, -0.1) is 11.3 Å². The van der Waals surface area contributed by atoms with Gasteiger partial charge in [-0.1, -0.05) is 6.07 Å². The SMILES string of the molecule is CN(C)S(=O)(=O)c1ccc(C(=O)OCc2coc(-c3cccs3)n2)cc1. The molecule has 0 saturated carbocycles. The van der Waals surface area contributed by atoms with Crippen LogP contribution in [0.3, 0.4) is 0 Å². The highest BCUT2D eigenvalue weighted by atomic mass is 32.2. The number of oxazole rings is 1. The number of sulfonamides is 1. The van der Waals surface area contributed by atoms with Crippen molar-refractivity contribution in [3.8, 4) is 10.8 Å². The number of thiophene rings is 1. The molecule has 0 aliphatic heterocycles. The molecule has 0 spiro atoms. The summed E-state index contributed by atoms with van der Waals surface area (Å²) in [4.78, 5) is 17.4. The van der Waals surface area contributed by atoms with Crippen LogP contribution < -0.4 is 0 Å². The minimum atomic E-state index is -3.53. The van der Waals surface area contributed by atoms with Gasteiger partial charge in [-0.3, -0.25) is 0 Å². The Kier molecular flexibility index (Phi) is 5.21. The molecule has 1 aromatic carbocycles. The van der Waals surface area contributed by atoms with Crippen molar-refractivity contribution in [3.05, 3.63) is 59.3 Å². The number of benzene rings is 1. The fraction of sp³-hybridized carbons (Fsp3) is 0.176. The number of hydrogen-bond donors (Lipinski definition) is 0. The van der Waals surface area contributed by atoms with Gasteiger partial charge in [-0.05, 0) is 35.7 Å². The second-order valence-corrected chi connectivity index (χ2v) is 8.61. The molecule has 0 N–H and O–H groups in total. The summed E-state index contributed by atoms with van der Waals surface area (Å²) in [7, 11) is -0.645.